The molecule has 6 aromatic rings. The number of amides is 8. The first kappa shape index (κ1) is 73.4. The molecule has 0 aromatic heterocycles. The number of cyclic esters (lactones) is 3. The molecule has 530 valence electrons. The Morgan fingerprint density at radius 1 is 0.430 bits per heavy atom. The summed E-state index contributed by atoms with van der Waals surface area (Å²) in [5.41, 5.74) is 5.76. The molecular weight excluding hydrogens is 1290 g/mol. The molecule has 0 aliphatic carbocycles. The molecule has 25 nitrogen and oxygen atoms in total. The molecule has 8 amide bonds. The number of benzene rings is 6. The van der Waals surface area contributed by atoms with Crippen LogP contribution in [0.4, 0.5) is 14.4 Å². The number of nitrogens with zero attached hydrogens (tertiary/aromatic N) is 5. The van der Waals surface area contributed by atoms with Crippen LogP contribution in [-0.4, -0.2) is 184 Å². The van der Waals surface area contributed by atoms with Gasteiger partial charge in [-0.1, -0.05) is 91.0 Å². The lowest BCUT2D eigenvalue weighted by molar-refractivity contribution is -0.148. The summed E-state index contributed by atoms with van der Waals surface area (Å²) in [7, 11) is 9.40. The van der Waals surface area contributed by atoms with Gasteiger partial charge in [-0.25, -0.2) is 24.2 Å². The number of hydrogen-bond donors (Lipinski definition) is 2. The highest BCUT2D eigenvalue weighted by atomic mass is 16.6. The summed E-state index contributed by atoms with van der Waals surface area (Å²) in [6, 6.07) is 45.1. The van der Waals surface area contributed by atoms with E-state index in [1.54, 1.807) is 81.6 Å². The molecule has 6 fully saturated rings. The second-order valence-corrected chi connectivity index (χ2v) is 24.8. The molecule has 6 aromatic carbocycles. The zero-order valence-corrected chi connectivity index (χ0v) is 57.1. The highest BCUT2D eigenvalue weighted by Crippen LogP contribution is 2.34. The second-order valence-electron chi connectivity index (χ2n) is 24.8. The smallest absolute Gasteiger partial charge is 0.416 e. The number of imide groups is 2. The number of carboxylic acids is 1. The Morgan fingerprint density at radius 3 is 1.09 bits per heavy atom. The summed E-state index contributed by atoms with van der Waals surface area (Å²) in [6.45, 7) is 2.54. The molecular formula is C75H86N6O19. The number of nitrogens with one attached hydrogen (secondary N) is 1. The summed E-state index contributed by atoms with van der Waals surface area (Å²) in [6.07, 6.45) is 2.40. The number of alkyl carbamates (subject to hydrolysis) is 1. The fourth-order valence-corrected chi connectivity index (χ4v) is 12.7. The van der Waals surface area contributed by atoms with E-state index < -0.39 is 35.9 Å². The number of hydrogen-bond acceptors (Lipinski definition) is 18. The number of aliphatic carboxylic acids is 1. The number of likely N-dealkylation sites (tertiary alicyclic amines) is 3. The maximum atomic E-state index is 13.4. The van der Waals surface area contributed by atoms with Crippen LogP contribution in [0.25, 0.3) is 0 Å². The first-order valence-electron chi connectivity index (χ1n) is 33.1. The van der Waals surface area contributed by atoms with Crippen molar-refractivity contribution < 1.29 is 90.9 Å². The van der Waals surface area contributed by atoms with Crippen molar-refractivity contribution in [3.05, 3.63) is 179 Å². The van der Waals surface area contributed by atoms with Crippen LogP contribution in [0.3, 0.4) is 0 Å². The van der Waals surface area contributed by atoms with Crippen LogP contribution in [0.1, 0.15) is 71.9 Å². The Balaban J connectivity index is 0.000000164. The van der Waals surface area contributed by atoms with Crippen LogP contribution < -0.4 is 33.7 Å². The molecule has 0 saturated carbocycles. The standard InChI is InChI=1S/2C25H28N2O6.C15H19NO5.C10H11NO2/c2*1-31-21-10-8-18(22(13-21)32-2)14-26-15-19(9-11-23(26)28)24(29)27-20(16-33-25(27)30)12-17-6-4-3-5-7-17;1-20-12-5-3-10(13(7-12)21-2)8-16-9-11(15(18)19)4-6-14(16)17;12-10-11-9(7-13-10)6-8-4-2-1-3-5-8/h2*3-8,10,13,19-20H,9,11-12,14-16H2,1-2H3;3,5,7,11H,4,6,8-9H2,1-2H3,(H,18,19);1-5,9H,6-7H2,(H,11,12)/t19-,20+;19-,20-;;9-/m01.1/s1. The van der Waals surface area contributed by atoms with Gasteiger partial charge >= 0.3 is 24.2 Å². The molecule has 0 radical (unpaired) electrons. The minimum Gasteiger partial charge on any atom is -0.497 e. The third-order valence-corrected chi connectivity index (χ3v) is 18.2. The van der Waals surface area contributed by atoms with Crippen molar-refractivity contribution in [3.63, 3.8) is 0 Å². The molecule has 12 rings (SSSR count). The number of methoxy groups -OCH3 is 6. The van der Waals surface area contributed by atoms with E-state index in [1.165, 1.54) is 15.4 Å². The topological polar surface area (TPSA) is 285 Å². The SMILES string of the molecule is COc1ccc(CN2CC(C(=O)O)CCC2=O)c(OC)c1.COc1ccc(CN2C[C@@H](C(=O)N3C(=O)OC[C@H]3Cc3ccccc3)CCC2=O)c(OC)c1.COc1ccc(CN2C[C@H](C(=O)N3C(=O)OC[C@H]3Cc3ccccc3)CCC2=O)c(OC)c1.O=C1N[C@H](Cc2ccccc2)CO1. The van der Waals surface area contributed by atoms with E-state index in [4.69, 9.17) is 47.7 Å². The van der Waals surface area contributed by atoms with Gasteiger partial charge in [0.1, 0.15) is 54.3 Å². The zero-order valence-electron chi connectivity index (χ0n) is 57.1. The van der Waals surface area contributed by atoms with Gasteiger partial charge in [-0.15, -0.1) is 0 Å². The summed E-state index contributed by atoms with van der Waals surface area (Å²) in [5.74, 6) is 0.931. The number of carboxylic acid groups (broad SMARTS) is 1. The molecule has 6 aliphatic heterocycles. The van der Waals surface area contributed by atoms with Gasteiger partial charge in [0, 0.05) is 93.4 Å². The molecule has 1 unspecified atom stereocenters. The largest absolute Gasteiger partial charge is 0.497 e. The normalized spacial score (nSPS) is 20.2. The molecule has 0 spiro atoms. The van der Waals surface area contributed by atoms with Crippen LogP contribution in [0.2, 0.25) is 0 Å². The van der Waals surface area contributed by atoms with Crippen LogP contribution in [0.5, 0.6) is 34.5 Å². The number of ether oxygens (including phenoxy) is 9. The van der Waals surface area contributed by atoms with Crippen molar-refractivity contribution in [2.24, 2.45) is 17.8 Å². The average molecular weight is 1380 g/mol. The number of carbonyl (C=O) groups is 9. The number of piperidine rings is 3. The van der Waals surface area contributed by atoms with E-state index in [-0.39, 0.29) is 106 Å². The Bertz CT molecular complexity index is 3660. The number of carbonyl (C=O) groups excluding carboxylic acids is 8. The Hall–Kier alpha value is -10.9. The predicted octanol–water partition coefficient (Wildman–Crippen LogP) is 8.93. The summed E-state index contributed by atoms with van der Waals surface area (Å²) in [4.78, 5) is 118. The summed E-state index contributed by atoms with van der Waals surface area (Å²) >= 11 is 0. The second kappa shape index (κ2) is 35.6. The van der Waals surface area contributed by atoms with Gasteiger partial charge < -0.3 is 67.8 Å². The first-order chi connectivity index (χ1) is 48.4. The molecule has 6 aliphatic rings. The monoisotopic (exact) mass is 1370 g/mol. The Labute approximate surface area is 581 Å². The van der Waals surface area contributed by atoms with Gasteiger partial charge in [0.2, 0.25) is 29.5 Å². The molecule has 6 atom stereocenters. The molecule has 100 heavy (non-hydrogen) atoms. The van der Waals surface area contributed by atoms with Crippen LogP contribution in [0, 0.1) is 17.8 Å². The van der Waals surface area contributed by atoms with E-state index >= 15 is 0 Å². The van der Waals surface area contributed by atoms with E-state index in [9.17, 15) is 43.2 Å². The fourth-order valence-electron chi connectivity index (χ4n) is 12.7. The summed E-state index contributed by atoms with van der Waals surface area (Å²) < 4.78 is 47.0. The van der Waals surface area contributed by atoms with E-state index in [1.807, 2.05) is 121 Å². The summed E-state index contributed by atoms with van der Waals surface area (Å²) in [5, 5.41) is 11.8. The minimum atomic E-state index is -0.853. The molecule has 25 heteroatoms. The van der Waals surface area contributed by atoms with Crippen molar-refractivity contribution in [1.82, 2.24) is 29.8 Å². The molecule has 0 bridgehead atoms. The molecule has 6 heterocycles. The number of rotatable bonds is 21. The van der Waals surface area contributed by atoms with Crippen LogP contribution >= 0.6 is 0 Å². The Kier molecular flexibility index (Phi) is 26.1. The lowest BCUT2D eigenvalue weighted by atomic mass is 9.94. The van der Waals surface area contributed by atoms with Gasteiger partial charge in [0.25, 0.3) is 0 Å². The van der Waals surface area contributed by atoms with E-state index in [0.717, 1.165) is 34.2 Å². The highest BCUT2D eigenvalue weighted by molar-refractivity contribution is 5.97. The molecule has 6 saturated heterocycles. The maximum absolute atomic E-state index is 13.4. The van der Waals surface area contributed by atoms with Crippen molar-refractivity contribution in [2.45, 2.75) is 95.5 Å². The fraction of sp³-hybridized carbons (Fsp3) is 0.400. The first-order valence-corrected chi connectivity index (χ1v) is 33.1. The van der Waals surface area contributed by atoms with Crippen molar-refractivity contribution in [1.29, 1.82) is 0 Å². The van der Waals surface area contributed by atoms with E-state index in [2.05, 4.69) is 5.32 Å². The quantitative estimate of drug-likeness (QED) is 0.0636. The Morgan fingerprint density at radius 2 is 0.770 bits per heavy atom. The minimum absolute atomic E-state index is 0.0228. The van der Waals surface area contributed by atoms with Crippen LogP contribution in [0.15, 0.2) is 146 Å². The third-order valence-electron chi connectivity index (χ3n) is 18.2. The predicted molar refractivity (Wildman–Crippen MR) is 363 cm³/mol. The van der Waals surface area contributed by atoms with Gasteiger partial charge in [0.05, 0.1) is 78.5 Å². The maximum Gasteiger partial charge on any atom is 0.416 e. The van der Waals surface area contributed by atoms with Crippen molar-refractivity contribution in [3.8, 4) is 34.5 Å². The third kappa shape index (κ3) is 19.5. The van der Waals surface area contributed by atoms with Gasteiger partial charge in [-0.05, 0) is 91.6 Å². The van der Waals surface area contributed by atoms with Gasteiger partial charge in [0.15, 0.2) is 0 Å². The van der Waals surface area contributed by atoms with Gasteiger partial charge in [-0.3, -0.25) is 28.8 Å². The molecule has 2 N–H and O–H groups in total. The van der Waals surface area contributed by atoms with Gasteiger partial charge in [-0.2, -0.15) is 0 Å². The van der Waals surface area contributed by atoms with E-state index in [0.29, 0.717) is 92.8 Å². The average Bonchev–Trinajstić information content (AvgIpc) is 1.37. The van der Waals surface area contributed by atoms with Crippen molar-refractivity contribution >= 4 is 53.8 Å². The highest BCUT2D eigenvalue weighted by Gasteiger charge is 2.45. The lowest BCUT2D eigenvalue weighted by Crippen LogP contribution is -2.49. The van der Waals surface area contributed by atoms with Crippen molar-refractivity contribution in [2.75, 3.05) is 82.1 Å². The lowest BCUT2D eigenvalue weighted by Gasteiger charge is -2.34. The van der Waals surface area contributed by atoms with Crippen LogP contribution in [-0.2, 0) is 81.9 Å². The zero-order chi connectivity index (χ0) is 71.2.